The van der Waals surface area contributed by atoms with Crippen LogP contribution < -0.4 is 4.74 Å². The maximum absolute atomic E-state index is 13.3. The van der Waals surface area contributed by atoms with E-state index in [1.807, 2.05) is 0 Å². The molecule has 1 saturated heterocycles. The highest BCUT2D eigenvalue weighted by Gasteiger charge is 2.31. The molecule has 8 nitrogen and oxygen atoms in total. The zero-order valence-electron chi connectivity index (χ0n) is 15.3. The zero-order chi connectivity index (χ0) is 19.5. The number of aromatic nitrogens is 5. The lowest BCUT2D eigenvalue weighted by Gasteiger charge is -2.21. The average Bonchev–Trinajstić information content (AvgIpc) is 3.41. The number of nitrogens with zero attached hydrogens (tertiary/aromatic N) is 6. The molecule has 0 bridgehead atoms. The van der Waals surface area contributed by atoms with Gasteiger partial charge in [-0.1, -0.05) is 0 Å². The van der Waals surface area contributed by atoms with Crippen LogP contribution in [-0.4, -0.2) is 61.9 Å². The average molecular weight is 382 g/mol. The van der Waals surface area contributed by atoms with Crippen LogP contribution in [0.5, 0.6) is 5.88 Å². The minimum Gasteiger partial charge on any atom is -0.481 e. The lowest BCUT2D eigenvalue weighted by atomic mass is 10.2. The summed E-state index contributed by atoms with van der Waals surface area (Å²) >= 11 is 0. The Kier molecular flexibility index (Phi) is 4.96. The predicted octanol–water partition coefficient (Wildman–Crippen LogP) is 2.31. The van der Waals surface area contributed by atoms with Gasteiger partial charge in [-0.2, -0.15) is 5.10 Å². The Labute approximate surface area is 161 Å². The Bertz CT molecular complexity index is 960. The molecule has 0 spiro atoms. The van der Waals surface area contributed by atoms with Crippen LogP contribution in [0, 0.1) is 0 Å². The smallest absolute Gasteiger partial charge is 0.274 e. The second-order valence-corrected chi connectivity index (χ2v) is 6.42. The Morgan fingerprint density at radius 3 is 2.86 bits per heavy atom. The van der Waals surface area contributed by atoms with E-state index in [2.05, 4.69) is 20.1 Å². The van der Waals surface area contributed by atoms with E-state index in [0.29, 0.717) is 35.9 Å². The fourth-order valence-corrected chi connectivity index (χ4v) is 3.33. The number of pyridine rings is 1. The molecule has 1 amide bonds. The third-order valence-corrected chi connectivity index (χ3v) is 4.74. The molecule has 0 radical (unpaired) electrons. The van der Waals surface area contributed by atoms with Crippen molar-refractivity contribution in [3.05, 3.63) is 48.7 Å². The largest absolute Gasteiger partial charge is 0.481 e. The number of carbonyl (C=O) groups excluding carboxylic acids is 1. The summed E-state index contributed by atoms with van der Waals surface area (Å²) in [5.74, 6) is 0.182. The van der Waals surface area contributed by atoms with E-state index in [4.69, 9.17) is 4.74 Å². The molecule has 3 aromatic rings. The summed E-state index contributed by atoms with van der Waals surface area (Å²) in [6, 6.07) is 4.76. The van der Waals surface area contributed by atoms with E-state index in [-0.39, 0.29) is 17.6 Å². The fourth-order valence-electron chi connectivity index (χ4n) is 3.33. The minimum absolute atomic E-state index is 0.233. The molecular weight excluding hydrogens is 363 g/mol. The summed E-state index contributed by atoms with van der Waals surface area (Å²) in [6.07, 6.45) is 7.79. The molecule has 4 rings (SSSR count). The molecule has 9 heteroatoms. The number of alkyl halides is 1. The van der Waals surface area contributed by atoms with Gasteiger partial charge in [0, 0.05) is 25.0 Å². The normalized spacial score (nSPS) is 16.4. The van der Waals surface area contributed by atoms with Gasteiger partial charge >= 0.3 is 0 Å². The van der Waals surface area contributed by atoms with Gasteiger partial charge < -0.3 is 9.64 Å². The molecule has 1 fully saturated rings. The van der Waals surface area contributed by atoms with E-state index in [1.54, 1.807) is 52.6 Å². The summed E-state index contributed by atoms with van der Waals surface area (Å²) in [5, 5.41) is 4.48. The lowest BCUT2D eigenvalue weighted by Crippen LogP contribution is -2.37. The summed E-state index contributed by atoms with van der Waals surface area (Å²) in [6.45, 7) is -0.0171. The maximum Gasteiger partial charge on any atom is 0.274 e. The number of hydrogen-bond donors (Lipinski definition) is 0. The highest BCUT2D eigenvalue weighted by molar-refractivity contribution is 5.94. The van der Waals surface area contributed by atoms with Crippen LogP contribution in [0.4, 0.5) is 4.39 Å². The molecule has 28 heavy (non-hydrogen) atoms. The van der Waals surface area contributed by atoms with Gasteiger partial charge in [-0.15, -0.1) is 0 Å². The van der Waals surface area contributed by atoms with E-state index in [1.165, 1.54) is 7.11 Å². The van der Waals surface area contributed by atoms with Crippen molar-refractivity contribution in [1.29, 1.82) is 0 Å². The Morgan fingerprint density at radius 1 is 1.29 bits per heavy atom. The first-order valence-corrected chi connectivity index (χ1v) is 8.95. The summed E-state index contributed by atoms with van der Waals surface area (Å²) in [4.78, 5) is 27.1. The van der Waals surface area contributed by atoms with Crippen LogP contribution in [0.25, 0.3) is 17.1 Å². The highest BCUT2D eigenvalue weighted by atomic mass is 19.1. The monoisotopic (exact) mass is 382 g/mol. The molecule has 4 heterocycles. The molecule has 0 unspecified atom stereocenters. The van der Waals surface area contributed by atoms with Crippen molar-refractivity contribution < 1.29 is 13.9 Å². The first kappa shape index (κ1) is 18.0. The molecule has 0 N–H and O–H groups in total. The number of ether oxygens (including phenoxy) is 1. The van der Waals surface area contributed by atoms with Gasteiger partial charge in [0.15, 0.2) is 5.69 Å². The Morgan fingerprint density at radius 2 is 2.18 bits per heavy atom. The molecule has 0 aliphatic carbocycles. The number of methoxy groups -OCH3 is 1. The first-order chi connectivity index (χ1) is 13.7. The summed E-state index contributed by atoms with van der Waals surface area (Å²) < 4.78 is 19.9. The van der Waals surface area contributed by atoms with E-state index < -0.39 is 6.67 Å². The third kappa shape index (κ3) is 3.30. The Hall–Kier alpha value is -3.36. The minimum atomic E-state index is -0.550. The number of halogens is 1. The number of hydrogen-bond acceptors (Lipinski definition) is 6. The van der Waals surface area contributed by atoms with Gasteiger partial charge in [0.05, 0.1) is 36.9 Å². The van der Waals surface area contributed by atoms with Gasteiger partial charge in [0.1, 0.15) is 12.4 Å². The predicted molar refractivity (Wildman–Crippen MR) is 99.0 cm³/mol. The first-order valence-electron chi connectivity index (χ1n) is 8.95. The SMILES string of the molecule is COc1ccc(-n2nc(C(=O)N3CCC[C@H]3CF)cc2-c2cnccn2)cn1. The molecule has 1 atom stereocenters. The standard InChI is InChI=1S/C19H19FN6O2/c1-28-18-5-4-14(11-23-18)26-17(16-12-21-6-7-22-16)9-15(24-26)19(27)25-8-2-3-13(25)10-20/h4-7,9,11-13H,2-3,8,10H2,1H3/t13-/m0/s1. The highest BCUT2D eigenvalue weighted by Crippen LogP contribution is 2.25. The van der Waals surface area contributed by atoms with E-state index >= 15 is 0 Å². The van der Waals surface area contributed by atoms with Crippen LogP contribution in [0.3, 0.4) is 0 Å². The molecule has 3 aromatic heterocycles. The number of likely N-dealkylation sites (tertiary alicyclic amines) is 1. The van der Waals surface area contributed by atoms with Gasteiger partial charge in [-0.05, 0) is 25.0 Å². The Balaban J connectivity index is 1.77. The van der Waals surface area contributed by atoms with Gasteiger partial charge in [0.25, 0.3) is 5.91 Å². The van der Waals surface area contributed by atoms with Crippen molar-refractivity contribution in [2.24, 2.45) is 0 Å². The van der Waals surface area contributed by atoms with Crippen molar-refractivity contribution >= 4 is 5.91 Å². The van der Waals surface area contributed by atoms with Crippen LogP contribution in [0.1, 0.15) is 23.3 Å². The molecule has 1 aliphatic heterocycles. The zero-order valence-corrected chi connectivity index (χ0v) is 15.3. The van der Waals surface area contributed by atoms with Crippen LogP contribution in [0.2, 0.25) is 0 Å². The van der Waals surface area contributed by atoms with Crippen molar-refractivity contribution in [2.75, 3.05) is 20.3 Å². The fraction of sp³-hybridized carbons (Fsp3) is 0.316. The van der Waals surface area contributed by atoms with Crippen molar-refractivity contribution in [3.63, 3.8) is 0 Å². The lowest BCUT2D eigenvalue weighted by molar-refractivity contribution is 0.0710. The third-order valence-electron chi connectivity index (χ3n) is 4.74. The van der Waals surface area contributed by atoms with Crippen LogP contribution in [0.15, 0.2) is 43.0 Å². The van der Waals surface area contributed by atoms with E-state index in [9.17, 15) is 9.18 Å². The van der Waals surface area contributed by atoms with Gasteiger partial charge in [0.2, 0.25) is 5.88 Å². The molecule has 1 aliphatic rings. The number of rotatable bonds is 5. The number of amides is 1. The van der Waals surface area contributed by atoms with Crippen molar-refractivity contribution in [1.82, 2.24) is 29.6 Å². The van der Waals surface area contributed by atoms with Gasteiger partial charge in [-0.3, -0.25) is 14.8 Å². The molecular formula is C19H19FN6O2. The molecule has 144 valence electrons. The van der Waals surface area contributed by atoms with Crippen molar-refractivity contribution in [2.45, 2.75) is 18.9 Å². The maximum atomic E-state index is 13.3. The topological polar surface area (TPSA) is 86.0 Å². The van der Waals surface area contributed by atoms with E-state index in [0.717, 1.165) is 6.42 Å². The van der Waals surface area contributed by atoms with Crippen molar-refractivity contribution in [3.8, 4) is 23.0 Å². The van der Waals surface area contributed by atoms with Gasteiger partial charge in [-0.25, -0.2) is 14.1 Å². The quantitative estimate of drug-likeness (QED) is 0.673. The number of carbonyl (C=O) groups is 1. The second-order valence-electron chi connectivity index (χ2n) is 6.42. The summed E-state index contributed by atoms with van der Waals surface area (Å²) in [7, 11) is 1.54. The second kappa shape index (κ2) is 7.71. The van der Waals surface area contributed by atoms with Crippen LogP contribution >= 0.6 is 0 Å². The van der Waals surface area contributed by atoms with Crippen LogP contribution in [-0.2, 0) is 0 Å². The summed E-state index contributed by atoms with van der Waals surface area (Å²) in [5.41, 5.74) is 2.04. The molecule has 0 saturated carbocycles. The molecule has 0 aromatic carbocycles.